The largest absolute Gasteiger partial charge is 0.434 e. The van der Waals surface area contributed by atoms with Gasteiger partial charge in [0.2, 0.25) is 0 Å². The van der Waals surface area contributed by atoms with Gasteiger partial charge in [0.25, 0.3) is 5.91 Å². The summed E-state index contributed by atoms with van der Waals surface area (Å²) in [5.74, 6) is -0.913. The van der Waals surface area contributed by atoms with E-state index in [9.17, 15) is 18.0 Å². The number of nitrogens with zero attached hydrogens (tertiary/aromatic N) is 2. The number of rotatable bonds is 3. The van der Waals surface area contributed by atoms with Crippen LogP contribution in [0.2, 0.25) is 5.02 Å². The predicted octanol–water partition coefficient (Wildman–Crippen LogP) is 5.56. The highest BCUT2D eigenvalue weighted by molar-refractivity contribution is 9.10. The molecule has 134 valence electrons. The zero-order valence-corrected chi connectivity index (χ0v) is 15.2. The van der Waals surface area contributed by atoms with E-state index in [1.807, 2.05) is 0 Å². The Kier molecular flexibility index (Phi) is 5.06. The molecule has 0 atom stereocenters. The van der Waals surface area contributed by atoms with Crippen LogP contribution in [0.4, 0.5) is 18.9 Å². The van der Waals surface area contributed by atoms with E-state index in [-0.39, 0.29) is 10.7 Å². The highest BCUT2D eigenvalue weighted by Crippen LogP contribution is 2.34. The number of benzene rings is 2. The molecule has 9 heteroatoms. The van der Waals surface area contributed by atoms with Gasteiger partial charge >= 0.3 is 6.18 Å². The van der Waals surface area contributed by atoms with Gasteiger partial charge in [0.05, 0.1) is 17.4 Å². The fourth-order valence-electron chi connectivity index (χ4n) is 2.36. The smallest absolute Gasteiger partial charge is 0.322 e. The van der Waals surface area contributed by atoms with Crippen molar-refractivity contribution in [1.82, 2.24) is 9.78 Å². The zero-order valence-electron chi connectivity index (χ0n) is 12.9. The first-order chi connectivity index (χ1) is 12.3. The first-order valence-corrected chi connectivity index (χ1v) is 8.41. The molecule has 3 rings (SSSR count). The Morgan fingerprint density at radius 2 is 1.88 bits per heavy atom. The number of carbonyl (C=O) groups is 1. The summed E-state index contributed by atoms with van der Waals surface area (Å²) in [7, 11) is 0. The molecule has 0 aliphatic heterocycles. The Labute approximate surface area is 159 Å². The first kappa shape index (κ1) is 18.5. The SMILES string of the molecule is O=C(Nc1cccc(Br)c1)c1cnn(-c2cccc(Cl)c2)c1C(F)(F)F. The van der Waals surface area contributed by atoms with Gasteiger partial charge in [0, 0.05) is 15.2 Å². The third-order valence-corrected chi connectivity index (χ3v) is 4.15. The first-order valence-electron chi connectivity index (χ1n) is 7.24. The fourth-order valence-corrected chi connectivity index (χ4v) is 2.94. The van der Waals surface area contributed by atoms with E-state index in [0.29, 0.717) is 14.8 Å². The number of halogens is 5. The molecule has 1 N–H and O–H groups in total. The second-order valence-electron chi connectivity index (χ2n) is 5.26. The van der Waals surface area contributed by atoms with Crippen molar-refractivity contribution < 1.29 is 18.0 Å². The fraction of sp³-hybridized carbons (Fsp3) is 0.0588. The van der Waals surface area contributed by atoms with Crippen LogP contribution in [0.1, 0.15) is 16.1 Å². The molecule has 0 fully saturated rings. The summed E-state index contributed by atoms with van der Waals surface area (Å²) in [4.78, 5) is 12.4. The Morgan fingerprint density at radius 1 is 1.15 bits per heavy atom. The molecule has 0 aliphatic carbocycles. The topological polar surface area (TPSA) is 46.9 Å². The Bertz CT molecular complexity index is 972. The van der Waals surface area contributed by atoms with Gasteiger partial charge in [-0.1, -0.05) is 39.7 Å². The molecule has 26 heavy (non-hydrogen) atoms. The van der Waals surface area contributed by atoms with E-state index in [1.165, 1.54) is 24.3 Å². The normalized spacial score (nSPS) is 11.4. The number of nitrogens with one attached hydrogen (secondary N) is 1. The van der Waals surface area contributed by atoms with Crippen molar-refractivity contribution in [3.8, 4) is 5.69 Å². The third kappa shape index (κ3) is 3.91. The Balaban J connectivity index is 2.04. The summed E-state index contributed by atoms with van der Waals surface area (Å²) in [5, 5.41) is 6.44. The molecular weight excluding hydrogens is 435 g/mol. The van der Waals surface area contributed by atoms with Crippen molar-refractivity contribution in [3.63, 3.8) is 0 Å². The van der Waals surface area contributed by atoms with E-state index in [0.717, 1.165) is 6.20 Å². The molecule has 0 bridgehead atoms. The molecule has 0 unspecified atom stereocenters. The molecule has 0 saturated heterocycles. The number of amides is 1. The minimum absolute atomic E-state index is 0.103. The van der Waals surface area contributed by atoms with Crippen LogP contribution >= 0.6 is 27.5 Å². The van der Waals surface area contributed by atoms with E-state index < -0.39 is 23.3 Å². The minimum Gasteiger partial charge on any atom is -0.322 e. The monoisotopic (exact) mass is 443 g/mol. The van der Waals surface area contributed by atoms with Crippen LogP contribution in [0.3, 0.4) is 0 Å². The predicted molar refractivity (Wildman–Crippen MR) is 95.7 cm³/mol. The van der Waals surface area contributed by atoms with E-state index in [4.69, 9.17) is 11.6 Å². The summed E-state index contributed by atoms with van der Waals surface area (Å²) in [6, 6.07) is 12.3. The zero-order chi connectivity index (χ0) is 18.9. The molecule has 0 spiro atoms. The average molecular weight is 445 g/mol. The van der Waals surface area contributed by atoms with Crippen LogP contribution < -0.4 is 5.32 Å². The third-order valence-electron chi connectivity index (χ3n) is 3.42. The van der Waals surface area contributed by atoms with Crippen molar-refractivity contribution in [2.45, 2.75) is 6.18 Å². The Hall–Kier alpha value is -2.32. The lowest BCUT2D eigenvalue weighted by molar-refractivity contribution is -0.143. The number of anilines is 1. The lowest BCUT2D eigenvalue weighted by Crippen LogP contribution is -2.20. The van der Waals surface area contributed by atoms with Gasteiger partial charge in [-0.2, -0.15) is 18.3 Å². The van der Waals surface area contributed by atoms with Gasteiger partial charge in [-0.15, -0.1) is 0 Å². The maximum Gasteiger partial charge on any atom is 0.434 e. The van der Waals surface area contributed by atoms with Crippen molar-refractivity contribution in [1.29, 1.82) is 0 Å². The maximum absolute atomic E-state index is 13.6. The number of alkyl halides is 3. The second-order valence-corrected chi connectivity index (χ2v) is 6.61. The van der Waals surface area contributed by atoms with Gasteiger partial charge in [0.1, 0.15) is 0 Å². The molecule has 0 saturated carbocycles. The van der Waals surface area contributed by atoms with Crippen LogP contribution in [0, 0.1) is 0 Å². The van der Waals surface area contributed by atoms with Crippen molar-refractivity contribution in [3.05, 3.63) is 75.5 Å². The lowest BCUT2D eigenvalue weighted by atomic mass is 10.2. The number of hydrogen-bond donors (Lipinski definition) is 1. The standard InChI is InChI=1S/C17H10BrClF3N3O/c18-10-3-1-5-12(7-10)24-16(26)14-9-23-25(15(14)17(20,21)22)13-6-2-4-11(19)8-13/h1-9H,(H,24,26). The molecule has 1 heterocycles. The van der Waals surface area contributed by atoms with Crippen LogP contribution in [0.15, 0.2) is 59.2 Å². The molecule has 1 amide bonds. The average Bonchev–Trinajstić information content (AvgIpc) is 3.00. The molecule has 1 aromatic heterocycles. The quantitative estimate of drug-likeness (QED) is 0.575. The van der Waals surface area contributed by atoms with E-state index >= 15 is 0 Å². The highest BCUT2D eigenvalue weighted by atomic mass is 79.9. The molecule has 0 aliphatic rings. The van der Waals surface area contributed by atoms with Crippen LogP contribution in [0.5, 0.6) is 0 Å². The highest BCUT2D eigenvalue weighted by Gasteiger charge is 2.40. The van der Waals surface area contributed by atoms with Crippen LogP contribution in [-0.4, -0.2) is 15.7 Å². The number of aromatic nitrogens is 2. The van der Waals surface area contributed by atoms with Crippen molar-refractivity contribution in [2.24, 2.45) is 0 Å². The summed E-state index contributed by atoms with van der Waals surface area (Å²) < 4.78 is 42.2. The van der Waals surface area contributed by atoms with Gasteiger partial charge in [-0.05, 0) is 36.4 Å². The molecular formula is C17H10BrClF3N3O. The Morgan fingerprint density at radius 3 is 2.54 bits per heavy atom. The maximum atomic E-state index is 13.6. The van der Waals surface area contributed by atoms with E-state index in [2.05, 4.69) is 26.3 Å². The lowest BCUT2D eigenvalue weighted by Gasteiger charge is -2.13. The number of carbonyl (C=O) groups excluding carboxylic acids is 1. The molecule has 2 aromatic carbocycles. The van der Waals surface area contributed by atoms with Gasteiger partial charge in [-0.25, -0.2) is 4.68 Å². The summed E-state index contributed by atoms with van der Waals surface area (Å²) in [6.45, 7) is 0. The number of hydrogen-bond acceptors (Lipinski definition) is 2. The summed E-state index contributed by atoms with van der Waals surface area (Å²) in [6.07, 6.45) is -3.90. The van der Waals surface area contributed by atoms with Gasteiger partial charge in [-0.3, -0.25) is 4.79 Å². The van der Waals surface area contributed by atoms with Crippen LogP contribution in [0.25, 0.3) is 5.69 Å². The van der Waals surface area contributed by atoms with Crippen molar-refractivity contribution in [2.75, 3.05) is 5.32 Å². The molecule has 3 aromatic rings. The van der Waals surface area contributed by atoms with Gasteiger partial charge < -0.3 is 5.32 Å². The minimum atomic E-state index is -4.79. The molecule has 0 radical (unpaired) electrons. The van der Waals surface area contributed by atoms with Gasteiger partial charge in [0.15, 0.2) is 5.69 Å². The van der Waals surface area contributed by atoms with Crippen LogP contribution in [-0.2, 0) is 6.18 Å². The summed E-state index contributed by atoms with van der Waals surface area (Å²) >= 11 is 9.08. The second kappa shape index (κ2) is 7.13. The van der Waals surface area contributed by atoms with Crippen molar-refractivity contribution >= 4 is 39.1 Å². The molecule has 4 nitrogen and oxygen atoms in total. The summed E-state index contributed by atoms with van der Waals surface area (Å²) in [5.41, 5.74) is -1.30. The van der Waals surface area contributed by atoms with E-state index in [1.54, 1.807) is 24.3 Å².